The zero-order valence-electron chi connectivity index (χ0n) is 6.71. The molecule has 0 radical (unpaired) electrons. The molecule has 0 aromatic heterocycles. The van der Waals surface area contributed by atoms with Crippen LogP contribution in [0.4, 0.5) is 0 Å². The average Bonchev–Trinajstić information content (AvgIpc) is 1.81. The van der Waals surface area contributed by atoms with Crippen LogP contribution in [0.5, 0.6) is 0 Å². The second-order valence-electron chi connectivity index (χ2n) is 4.06. The van der Waals surface area contributed by atoms with Crippen LogP contribution >= 0.6 is 0 Å². The lowest BCUT2D eigenvalue weighted by atomic mass is 9.52. The predicted molar refractivity (Wildman–Crippen MR) is 41.0 cm³/mol. The maximum Gasteiger partial charge on any atom is 0.293 e. The quantitative estimate of drug-likeness (QED) is 0.579. The third-order valence-electron chi connectivity index (χ3n) is 3.26. The van der Waals surface area contributed by atoms with Crippen LogP contribution in [-0.4, -0.2) is 13.1 Å². The average molecular weight is 154 g/mol. The smallest absolute Gasteiger partial charge is 0.293 e. The lowest BCUT2D eigenvalue weighted by molar-refractivity contribution is -0.134. The van der Waals surface area contributed by atoms with Gasteiger partial charge in [-0.05, 0) is 37.0 Å². The summed E-state index contributed by atoms with van der Waals surface area (Å²) < 4.78 is 4.72. The number of carbonyl (C=O) groups is 1. The molecule has 2 fully saturated rings. The maximum atomic E-state index is 9.87. The number of rotatable bonds is 3. The zero-order chi connectivity index (χ0) is 7.73. The number of hydrogen-bond donors (Lipinski definition) is 0. The number of carbonyl (C=O) groups excluding carboxylic acids is 1. The summed E-state index contributed by atoms with van der Waals surface area (Å²) in [7, 11) is 0. The molecular formula is C9H14O2. The summed E-state index contributed by atoms with van der Waals surface area (Å²) in [5.74, 6) is 0.681. The van der Waals surface area contributed by atoms with Crippen LogP contribution in [0.1, 0.15) is 32.1 Å². The van der Waals surface area contributed by atoms with Crippen molar-refractivity contribution in [1.29, 1.82) is 0 Å². The topological polar surface area (TPSA) is 26.3 Å². The van der Waals surface area contributed by atoms with Gasteiger partial charge in [0, 0.05) is 0 Å². The molecule has 0 heterocycles. The van der Waals surface area contributed by atoms with Gasteiger partial charge in [0.05, 0.1) is 6.61 Å². The Hall–Kier alpha value is -0.530. The largest absolute Gasteiger partial charge is 0.468 e. The second kappa shape index (κ2) is 2.50. The van der Waals surface area contributed by atoms with Gasteiger partial charge in [-0.2, -0.15) is 0 Å². The molecule has 0 aromatic carbocycles. The van der Waals surface area contributed by atoms with Gasteiger partial charge in [-0.1, -0.05) is 6.42 Å². The van der Waals surface area contributed by atoms with E-state index < -0.39 is 0 Å². The number of ether oxygens (including phenoxy) is 1. The summed E-state index contributed by atoms with van der Waals surface area (Å²) in [5, 5.41) is 0. The molecule has 2 heteroatoms. The zero-order valence-corrected chi connectivity index (χ0v) is 6.71. The van der Waals surface area contributed by atoms with E-state index in [1.807, 2.05) is 0 Å². The molecule has 0 unspecified atom stereocenters. The second-order valence-corrected chi connectivity index (χ2v) is 4.06. The molecule has 2 aliphatic carbocycles. The van der Waals surface area contributed by atoms with Gasteiger partial charge in [0.15, 0.2) is 0 Å². The van der Waals surface area contributed by atoms with Gasteiger partial charge in [0.25, 0.3) is 6.47 Å². The Morgan fingerprint density at radius 2 is 2.18 bits per heavy atom. The Labute approximate surface area is 66.9 Å². The Balaban J connectivity index is 1.67. The van der Waals surface area contributed by atoms with E-state index in [2.05, 4.69) is 0 Å². The summed E-state index contributed by atoms with van der Waals surface area (Å²) >= 11 is 0. The van der Waals surface area contributed by atoms with Crippen LogP contribution in [0.15, 0.2) is 0 Å². The van der Waals surface area contributed by atoms with Crippen LogP contribution in [0, 0.1) is 11.3 Å². The fourth-order valence-corrected chi connectivity index (χ4v) is 2.54. The van der Waals surface area contributed by atoms with Gasteiger partial charge in [0.1, 0.15) is 0 Å². The van der Waals surface area contributed by atoms with Crippen molar-refractivity contribution >= 4 is 6.47 Å². The first-order valence-corrected chi connectivity index (χ1v) is 4.40. The van der Waals surface area contributed by atoms with Crippen LogP contribution in [0.3, 0.4) is 0 Å². The molecule has 0 saturated heterocycles. The minimum absolute atomic E-state index is 0.561. The van der Waals surface area contributed by atoms with Crippen molar-refractivity contribution in [2.75, 3.05) is 6.61 Å². The highest BCUT2D eigenvalue weighted by Gasteiger charge is 2.47. The van der Waals surface area contributed by atoms with Gasteiger partial charge in [0.2, 0.25) is 0 Å². The molecule has 2 rings (SSSR count). The Morgan fingerprint density at radius 3 is 2.64 bits per heavy atom. The van der Waals surface area contributed by atoms with Crippen molar-refractivity contribution in [2.45, 2.75) is 32.1 Å². The van der Waals surface area contributed by atoms with E-state index >= 15 is 0 Å². The Bertz CT molecular complexity index is 153. The monoisotopic (exact) mass is 154 g/mol. The molecule has 0 aliphatic heterocycles. The predicted octanol–water partition coefficient (Wildman–Crippen LogP) is 1.74. The highest BCUT2D eigenvalue weighted by molar-refractivity contribution is 5.36. The van der Waals surface area contributed by atoms with E-state index in [-0.39, 0.29) is 0 Å². The van der Waals surface area contributed by atoms with Gasteiger partial charge >= 0.3 is 0 Å². The Kier molecular flexibility index (Phi) is 1.63. The van der Waals surface area contributed by atoms with Crippen LogP contribution in [-0.2, 0) is 9.53 Å². The molecule has 2 saturated carbocycles. The minimum atomic E-state index is 0.561. The molecule has 11 heavy (non-hydrogen) atoms. The van der Waals surface area contributed by atoms with Gasteiger partial charge < -0.3 is 4.74 Å². The van der Waals surface area contributed by atoms with E-state index in [1.54, 1.807) is 0 Å². The third kappa shape index (κ3) is 1.15. The highest BCUT2D eigenvalue weighted by atomic mass is 16.5. The van der Waals surface area contributed by atoms with Crippen LogP contribution in [0.25, 0.3) is 0 Å². The molecule has 2 nitrogen and oxygen atoms in total. The summed E-state index contributed by atoms with van der Waals surface area (Å²) in [4.78, 5) is 9.87. The first kappa shape index (κ1) is 7.14. The fraction of sp³-hybridized carbons (Fsp3) is 0.889. The van der Waals surface area contributed by atoms with Gasteiger partial charge in [-0.15, -0.1) is 0 Å². The molecule has 2 aliphatic rings. The summed E-state index contributed by atoms with van der Waals surface area (Å²) in [6, 6.07) is 0. The third-order valence-corrected chi connectivity index (χ3v) is 3.26. The maximum absolute atomic E-state index is 9.87. The van der Waals surface area contributed by atoms with E-state index in [9.17, 15) is 4.79 Å². The lowest BCUT2D eigenvalue weighted by Gasteiger charge is -2.54. The van der Waals surface area contributed by atoms with Crippen molar-refractivity contribution in [3.8, 4) is 0 Å². The molecule has 0 amide bonds. The van der Waals surface area contributed by atoms with Crippen molar-refractivity contribution in [3.05, 3.63) is 0 Å². The SMILES string of the molecule is O=COCC1CC2(CCC2)C1. The van der Waals surface area contributed by atoms with Crippen molar-refractivity contribution in [1.82, 2.24) is 0 Å². The highest BCUT2D eigenvalue weighted by Crippen LogP contribution is 2.58. The summed E-state index contributed by atoms with van der Waals surface area (Å²) in [6.07, 6.45) is 6.87. The van der Waals surface area contributed by atoms with Gasteiger partial charge in [-0.3, -0.25) is 4.79 Å². The Morgan fingerprint density at radius 1 is 1.45 bits per heavy atom. The first-order chi connectivity index (χ1) is 5.35. The molecule has 62 valence electrons. The van der Waals surface area contributed by atoms with E-state index in [4.69, 9.17) is 4.74 Å². The lowest BCUT2D eigenvalue weighted by Crippen LogP contribution is -2.44. The van der Waals surface area contributed by atoms with Gasteiger partial charge in [-0.25, -0.2) is 0 Å². The molecule has 0 atom stereocenters. The summed E-state index contributed by atoms with van der Waals surface area (Å²) in [5.41, 5.74) is 0.719. The molecule has 0 bridgehead atoms. The van der Waals surface area contributed by atoms with Crippen LogP contribution in [0.2, 0.25) is 0 Å². The normalized spacial score (nSPS) is 27.3. The van der Waals surface area contributed by atoms with E-state index in [0.717, 1.165) is 5.41 Å². The standard InChI is InChI=1S/C9H14O2/c10-7-11-6-8-4-9(5-8)2-1-3-9/h7-8H,1-6H2. The van der Waals surface area contributed by atoms with Crippen molar-refractivity contribution in [2.24, 2.45) is 11.3 Å². The first-order valence-electron chi connectivity index (χ1n) is 4.40. The van der Waals surface area contributed by atoms with E-state index in [0.29, 0.717) is 19.0 Å². The molecule has 0 N–H and O–H groups in total. The molecule has 1 spiro atoms. The molecular weight excluding hydrogens is 140 g/mol. The fourth-order valence-electron chi connectivity index (χ4n) is 2.54. The molecule has 0 aromatic rings. The van der Waals surface area contributed by atoms with E-state index in [1.165, 1.54) is 32.1 Å². The van der Waals surface area contributed by atoms with Crippen molar-refractivity contribution < 1.29 is 9.53 Å². The van der Waals surface area contributed by atoms with Crippen LogP contribution < -0.4 is 0 Å². The summed E-state index contributed by atoms with van der Waals surface area (Å²) in [6.45, 7) is 1.22. The minimum Gasteiger partial charge on any atom is -0.468 e. The van der Waals surface area contributed by atoms with Crippen molar-refractivity contribution in [3.63, 3.8) is 0 Å². The number of hydrogen-bond acceptors (Lipinski definition) is 2.